The van der Waals surface area contributed by atoms with E-state index in [4.69, 9.17) is 4.52 Å². The van der Waals surface area contributed by atoms with Crippen molar-refractivity contribution in [1.29, 1.82) is 0 Å². The third-order valence-corrected chi connectivity index (χ3v) is 4.61. The Balaban J connectivity index is 1.92. The molecule has 0 aliphatic heterocycles. The van der Waals surface area contributed by atoms with Gasteiger partial charge < -0.3 is 9.84 Å². The zero-order chi connectivity index (χ0) is 17.9. The van der Waals surface area contributed by atoms with Crippen molar-refractivity contribution in [3.8, 4) is 0 Å². The molecule has 0 atom stereocenters. The van der Waals surface area contributed by atoms with E-state index in [-0.39, 0.29) is 12.3 Å². The summed E-state index contributed by atoms with van der Waals surface area (Å²) in [5.41, 5.74) is 3.06. The van der Waals surface area contributed by atoms with E-state index >= 15 is 0 Å². The number of nitrogens with one attached hydrogen (secondary N) is 1. The SMILES string of the molecule is Cc1noc(C)c1CC(=O)NC(C)(c1ccccc1)c1ccccc1. The Morgan fingerprint density at radius 1 is 1.00 bits per heavy atom. The average Bonchev–Trinajstić information content (AvgIpc) is 2.95. The van der Waals surface area contributed by atoms with Crippen LogP contribution in [0, 0.1) is 13.8 Å². The summed E-state index contributed by atoms with van der Waals surface area (Å²) >= 11 is 0. The van der Waals surface area contributed by atoms with E-state index in [1.54, 1.807) is 0 Å². The Kier molecular flexibility index (Phi) is 4.70. The van der Waals surface area contributed by atoms with Crippen LogP contribution >= 0.6 is 0 Å². The van der Waals surface area contributed by atoms with Gasteiger partial charge in [0, 0.05) is 5.56 Å². The second kappa shape index (κ2) is 6.93. The molecule has 25 heavy (non-hydrogen) atoms. The predicted molar refractivity (Wildman–Crippen MR) is 97.2 cm³/mol. The number of carbonyl (C=O) groups excluding carboxylic acids is 1. The third kappa shape index (κ3) is 3.48. The molecule has 0 aliphatic carbocycles. The van der Waals surface area contributed by atoms with Gasteiger partial charge in [-0.1, -0.05) is 65.8 Å². The number of benzene rings is 2. The van der Waals surface area contributed by atoms with Crippen LogP contribution in [0.15, 0.2) is 65.2 Å². The fourth-order valence-corrected chi connectivity index (χ4v) is 3.09. The number of aromatic nitrogens is 1. The lowest BCUT2D eigenvalue weighted by molar-refractivity contribution is -0.121. The van der Waals surface area contributed by atoms with Crippen LogP contribution in [-0.4, -0.2) is 11.1 Å². The molecular formula is C21H22N2O2. The molecular weight excluding hydrogens is 312 g/mol. The van der Waals surface area contributed by atoms with Crippen molar-refractivity contribution < 1.29 is 9.32 Å². The number of hydrogen-bond acceptors (Lipinski definition) is 3. The minimum atomic E-state index is -0.613. The molecule has 2 aromatic carbocycles. The molecule has 128 valence electrons. The zero-order valence-corrected chi connectivity index (χ0v) is 14.7. The molecule has 1 amide bonds. The second-order valence-electron chi connectivity index (χ2n) is 6.38. The van der Waals surface area contributed by atoms with Crippen LogP contribution in [-0.2, 0) is 16.8 Å². The highest BCUT2D eigenvalue weighted by Gasteiger charge is 2.31. The van der Waals surface area contributed by atoms with E-state index in [1.165, 1.54) is 0 Å². The van der Waals surface area contributed by atoms with Gasteiger partial charge in [0.25, 0.3) is 0 Å². The third-order valence-electron chi connectivity index (χ3n) is 4.61. The van der Waals surface area contributed by atoms with Crippen LogP contribution in [0.5, 0.6) is 0 Å². The summed E-state index contributed by atoms with van der Waals surface area (Å²) in [5, 5.41) is 7.14. The quantitative estimate of drug-likeness (QED) is 0.769. The van der Waals surface area contributed by atoms with E-state index in [1.807, 2.05) is 81.4 Å². The number of rotatable bonds is 5. The average molecular weight is 334 g/mol. The number of hydrogen-bond donors (Lipinski definition) is 1. The number of carbonyl (C=O) groups is 1. The first-order valence-electron chi connectivity index (χ1n) is 8.34. The molecule has 3 aromatic rings. The highest BCUT2D eigenvalue weighted by atomic mass is 16.5. The van der Waals surface area contributed by atoms with E-state index in [0.29, 0.717) is 5.76 Å². The minimum Gasteiger partial charge on any atom is -0.361 e. The van der Waals surface area contributed by atoms with Crippen molar-refractivity contribution in [2.45, 2.75) is 32.7 Å². The first-order chi connectivity index (χ1) is 12.0. The van der Waals surface area contributed by atoms with Crippen LogP contribution in [0.1, 0.15) is 35.1 Å². The summed E-state index contributed by atoms with van der Waals surface area (Å²) < 4.78 is 5.17. The second-order valence-corrected chi connectivity index (χ2v) is 6.38. The monoisotopic (exact) mass is 334 g/mol. The molecule has 0 saturated carbocycles. The Hall–Kier alpha value is -2.88. The standard InChI is InChI=1S/C21H22N2O2/c1-15-19(16(2)25-23-15)14-20(24)22-21(3,17-10-6-4-7-11-17)18-12-8-5-9-13-18/h4-13H,14H2,1-3H3,(H,22,24). The lowest BCUT2D eigenvalue weighted by Crippen LogP contribution is -2.45. The number of aryl methyl sites for hydroxylation is 2. The van der Waals surface area contributed by atoms with Gasteiger partial charge in [-0.2, -0.15) is 0 Å². The molecule has 4 heteroatoms. The van der Waals surface area contributed by atoms with Crippen LogP contribution in [0.2, 0.25) is 0 Å². The van der Waals surface area contributed by atoms with Gasteiger partial charge in [-0.25, -0.2) is 0 Å². The van der Waals surface area contributed by atoms with E-state index in [2.05, 4.69) is 10.5 Å². The molecule has 4 nitrogen and oxygen atoms in total. The van der Waals surface area contributed by atoms with Crippen molar-refractivity contribution in [1.82, 2.24) is 10.5 Å². The van der Waals surface area contributed by atoms with Crippen LogP contribution in [0.4, 0.5) is 0 Å². The molecule has 0 bridgehead atoms. The van der Waals surface area contributed by atoms with Crippen LogP contribution < -0.4 is 5.32 Å². The van der Waals surface area contributed by atoms with Crippen molar-refractivity contribution in [3.05, 3.63) is 88.8 Å². The maximum absolute atomic E-state index is 12.8. The van der Waals surface area contributed by atoms with E-state index in [9.17, 15) is 4.79 Å². The molecule has 1 heterocycles. The van der Waals surface area contributed by atoms with Crippen molar-refractivity contribution >= 4 is 5.91 Å². The summed E-state index contributed by atoms with van der Waals surface area (Å²) in [5.74, 6) is 0.624. The van der Waals surface area contributed by atoms with Crippen molar-refractivity contribution in [3.63, 3.8) is 0 Å². The highest BCUT2D eigenvalue weighted by Crippen LogP contribution is 2.29. The van der Waals surface area contributed by atoms with Crippen LogP contribution in [0.3, 0.4) is 0 Å². The summed E-state index contributed by atoms with van der Waals surface area (Å²) in [4.78, 5) is 12.8. The Morgan fingerprint density at radius 2 is 1.52 bits per heavy atom. The zero-order valence-electron chi connectivity index (χ0n) is 14.7. The van der Waals surface area contributed by atoms with E-state index < -0.39 is 5.54 Å². The fraction of sp³-hybridized carbons (Fsp3) is 0.238. The van der Waals surface area contributed by atoms with Crippen LogP contribution in [0.25, 0.3) is 0 Å². The first-order valence-corrected chi connectivity index (χ1v) is 8.34. The highest BCUT2D eigenvalue weighted by molar-refractivity contribution is 5.80. The molecule has 0 spiro atoms. The minimum absolute atomic E-state index is 0.0652. The predicted octanol–water partition coefficient (Wildman–Crippen LogP) is 3.91. The number of amides is 1. The largest absolute Gasteiger partial charge is 0.361 e. The molecule has 0 radical (unpaired) electrons. The maximum atomic E-state index is 12.8. The summed E-state index contributed by atoms with van der Waals surface area (Å²) in [6.45, 7) is 5.71. The molecule has 0 unspecified atom stereocenters. The Labute approximate surface area is 147 Å². The van der Waals surface area contributed by atoms with Gasteiger partial charge >= 0.3 is 0 Å². The fourth-order valence-electron chi connectivity index (χ4n) is 3.09. The molecule has 0 aliphatic rings. The molecule has 0 fully saturated rings. The van der Waals surface area contributed by atoms with Gasteiger partial charge in [0.2, 0.25) is 5.91 Å². The topological polar surface area (TPSA) is 55.1 Å². The van der Waals surface area contributed by atoms with Crippen molar-refractivity contribution in [2.24, 2.45) is 0 Å². The summed E-state index contributed by atoms with van der Waals surface area (Å²) in [6.07, 6.45) is 0.246. The first kappa shape index (κ1) is 17.0. The van der Waals surface area contributed by atoms with Gasteiger partial charge in [0.15, 0.2) is 0 Å². The Morgan fingerprint density at radius 3 is 1.96 bits per heavy atom. The molecule has 3 rings (SSSR count). The molecule has 0 saturated heterocycles. The van der Waals surface area contributed by atoms with Gasteiger partial charge in [0.05, 0.1) is 17.7 Å². The Bertz CT molecular complexity index is 795. The lowest BCUT2D eigenvalue weighted by Gasteiger charge is -2.32. The van der Waals surface area contributed by atoms with Gasteiger partial charge in [-0.15, -0.1) is 0 Å². The van der Waals surface area contributed by atoms with Gasteiger partial charge in [0.1, 0.15) is 5.76 Å². The summed E-state index contributed by atoms with van der Waals surface area (Å²) in [7, 11) is 0. The van der Waals surface area contributed by atoms with Crippen molar-refractivity contribution in [2.75, 3.05) is 0 Å². The maximum Gasteiger partial charge on any atom is 0.225 e. The smallest absolute Gasteiger partial charge is 0.225 e. The molecule has 1 aromatic heterocycles. The van der Waals surface area contributed by atoms with E-state index in [0.717, 1.165) is 22.4 Å². The number of nitrogens with zero attached hydrogens (tertiary/aromatic N) is 1. The van der Waals surface area contributed by atoms with Gasteiger partial charge in [-0.05, 0) is 31.9 Å². The normalized spacial score (nSPS) is 11.3. The molecule has 1 N–H and O–H groups in total. The summed E-state index contributed by atoms with van der Waals surface area (Å²) in [6, 6.07) is 20.0. The van der Waals surface area contributed by atoms with Gasteiger partial charge in [-0.3, -0.25) is 4.79 Å². The lowest BCUT2D eigenvalue weighted by atomic mass is 9.84.